The number of carbonyl (C=O) groups is 2. The molecule has 0 bridgehead atoms. The van der Waals surface area contributed by atoms with Crippen molar-refractivity contribution < 1.29 is 27.9 Å². The summed E-state index contributed by atoms with van der Waals surface area (Å²) >= 11 is 1.52. The number of thiazole rings is 1. The molecular weight excluding hydrogens is 407 g/mol. The van der Waals surface area contributed by atoms with E-state index in [2.05, 4.69) is 5.32 Å². The first-order chi connectivity index (χ1) is 13.6. The zero-order valence-electron chi connectivity index (χ0n) is 15.8. The predicted octanol–water partition coefficient (Wildman–Crippen LogP) is 2.67. The highest BCUT2D eigenvalue weighted by Gasteiger charge is 2.58. The third-order valence-corrected chi connectivity index (χ3v) is 6.98. The normalized spacial score (nSPS) is 26.9. The van der Waals surface area contributed by atoms with Crippen molar-refractivity contribution in [2.45, 2.75) is 44.0 Å². The minimum atomic E-state index is -5.03. The third kappa shape index (κ3) is 3.52. The van der Waals surface area contributed by atoms with Gasteiger partial charge in [-0.15, -0.1) is 11.3 Å². The fourth-order valence-corrected chi connectivity index (χ4v) is 5.22. The Kier molecular flexibility index (Phi) is 4.89. The molecule has 158 valence electrons. The highest BCUT2D eigenvalue weighted by Crippen LogP contribution is 2.39. The number of rotatable bonds is 3. The van der Waals surface area contributed by atoms with Crippen LogP contribution in [0.3, 0.4) is 0 Å². The van der Waals surface area contributed by atoms with Gasteiger partial charge in [-0.1, -0.05) is 6.42 Å². The number of halogens is 3. The summed E-state index contributed by atoms with van der Waals surface area (Å²) in [4.78, 5) is 27.1. The molecule has 1 saturated heterocycles. The van der Waals surface area contributed by atoms with Crippen LogP contribution in [-0.4, -0.2) is 57.1 Å². The van der Waals surface area contributed by atoms with Gasteiger partial charge in [0.05, 0.1) is 10.4 Å². The summed E-state index contributed by atoms with van der Waals surface area (Å²) in [6, 6.07) is 1.58. The molecule has 2 fully saturated rings. The van der Waals surface area contributed by atoms with Crippen LogP contribution in [0.5, 0.6) is 0 Å². The first-order valence-corrected chi connectivity index (χ1v) is 10.4. The smallest absolute Gasteiger partial charge is 0.373 e. The van der Waals surface area contributed by atoms with Crippen LogP contribution in [-0.2, 0) is 4.79 Å². The summed E-state index contributed by atoms with van der Waals surface area (Å²) in [5.41, 5.74) is -2.87. The van der Waals surface area contributed by atoms with E-state index >= 15 is 0 Å². The molecule has 2 aromatic heterocycles. The van der Waals surface area contributed by atoms with E-state index in [0.29, 0.717) is 18.9 Å². The Morgan fingerprint density at radius 2 is 2.03 bits per heavy atom. The van der Waals surface area contributed by atoms with Crippen molar-refractivity contribution in [3.8, 4) is 0 Å². The van der Waals surface area contributed by atoms with Crippen LogP contribution in [0.4, 0.5) is 13.2 Å². The fraction of sp³-hybridized carbons (Fsp3) is 0.579. The van der Waals surface area contributed by atoms with Crippen LogP contribution in [0.1, 0.15) is 36.5 Å². The molecule has 4 rings (SSSR count). The van der Waals surface area contributed by atoms with E-state index in [1.54, 1.807) is 12.3 Å². The van der Waals surface area contributed by atoms with Gasteiger partial charge in [0.25, 0.3) is 11.8 Å². The highest BCUT2D eigenvalue weighted by atomic mass is 32.1. The van der Waals surface area contributed by atoms with Crippen LogP contribution in [0.2, 0.25) is 0 Å². The van der Waals surface area contributed by atoms with Gasteiger partial charge in [-0.2, -0.15) is 13.2 Å². The van der Waals surface area contributed by atoms with E-state index in [0.717, 1.165) is 22.6 Å². The number of fused-ring (bicyclic) bond motifs is 2. The Morgan fingerprint density at radius 1 is 1.28 bits per heavy atom. The number of hydrogen-bond donors (Lipinski definition) is 2. The number of carbonyl (C=O) groups excluding carboxylic acids is 2. The maximum atomic E-state index is 13.0. The molecule has 4 atom stereocenters. The molecule has 6 nitrogen and oxygen atoms in total. The lowest BCUT2D eigenvalue weighted by atomic mass is 9.78. The second-order valence-corrected chi connectivity index (χ2v) is 9.02. The van der Waals surface area contributed by atoms with Gasteiger partial charge in [0.15, 0.2) is 0 Å². The Balaban J connectivity index is 1.46. The van der Waals surface area contributed by atoms with E-state index in [4.69, 9.17) is 0 Å². The summed E-state index contributed by atoms with van der Waals surface area (Å²) in [5.74, 6) is -1.65. The molecule has 1 saturated carbocycles. The van der Waals surface area contributed by atoms with Crippen LogP contribution >= 0.6 is 11.3 Å². The van der Waals surface area contributed by atoms with Crippen molar-refractivity contribution in [1.82, 2.24) is 14.6 Å². The van der Waals surface area contributed by atoms with Gasteiger partial charge < -0.3 is 19.7 Å². The number of aromatic nitrogens is 1. The molecule has 2 N–H and O–H groups in total. The number of alkyl halides is 3. The number of amides is 2. The molecule has 1 unspecified atom stereocenters. The van der Waals surface area contributed by atoms with Crippen molar-refractivity contribution in [2.75, 3.05) is 13.1 Å². The molecule has 2 amide bonds. The van der Waals surface area contributed by atoms with Gasteiger partial charge in [-0.05, 0) is 31.7 Å². The van der Waals surface area contributed by atoms with Gasteiger partial charge in [0, 0.05) is 42.8 Å². The quantitative estimate of drug-likeness (QED) is 0.788. The number of likely N-dealkylation sites (tertiary alicyclic amines) is 1. The SMILES string of the molecule is CC(O)(C(=O)N1C[C@H]2CCC[C@@H](NC(=O)c3cc4sccn4c3)[C@H]2C1)C(F)(F)F. The maximum Gasteiger partial charge on any atom is 0.426 e. The lowest BCUT2D eigenvalue weighted by Gasteiger charge is -2.33. The van der Waals surface area contributed by atoms with Gasteiger partial charge in [0.1, 0.15) is 0 Å². The number of nitrogens with one attached hydrogen (secondary N) is 1. The summed E-state index contributed by atoms with van der Waals surface area (Å²) in [6.07, 6.45) is 0.902. The summed E-state index contributed by atoms with van der Waals surface area (Å²) in [5, 5.41) is 14.7. The fourth-order valence-electron chi connectivity index (χ4n) is 4.46. The summed E-state index contributed by atoms with van der Waals surface area (Å²) in [6.45, 7) is 0.769. The standard InChI is InChI=1S/C19H22F3N3O3S/c1-18(28,19(20,21)22)17(27)25-8-11-3-2-4-14(13(11)10-25)23-16(26)12-7-15-24(9-12)5-6-29-15/h5-7,9,11,13-14,28H,2-4,8,10H2,1H3,(H,23,26)/t11-,13+,14-,18?/m1/s1. The van der Waals surface area contributed by atoms with Crippen LogP contribution < -0.4 is 5.32 Å². The average molecular weight is 429 g/mol. The first-order valence-electron chi connectivity index (χ1n) is 9.52. The molecule has 10 heteroatoms. The van der Waals surface area contributed by atoms with E-state index in [9.17, 15) is 27.9 Å². The van der Waals surface area contributed by atoms with E-state index in [-0.39, 0.29) is 36.9 Å². The van der Waals surface area contributed by atoms with Crippen LogP contribution in [0.25, 0.3) is 4.83 Å². The number of hydrogen-bond acceptors (Lipinski definition) is 4. The summed E-state index contributed by atoms with van der Waals surface area (Å²) in [7, 11) is 0. The number of nitrogens with zero attached hydrogens (tertiary/aromatic N) is 2. The van der Waals surface area contributed by atoms with E-state index in [1.807, 2.05) is 16.0 Å². The number of aliphatic hydroxyl groups is 1. The minimum Gasteiger partial charge on any atom is -0.373 e. The van der Waals surface area contributed by atoms with Crippen molar-refractivity contribution in [1.29, 1.82) is 0 Å². The third-order valence-electron chi connectivity index (χ3n) is 6.15. The lowest BCUT2D eigenvalue weighted by Crippen LogP contribution is -2.55. The van der Waals surface area contributed by atoms with Crippen LogP contribution in [0.15, 0.2) is 23.8 Å². The van der Waals surface area contributed by atoms with Crippen molar-refractivity contribution in [2.24, 2.45) is 11.8 Å². The topological polar surface area (TPSA) is 74.0 Å². The Morgan fingerprint density at radius 3 is 2.72 bits per heavy atom. The van der Waals surface area contributed by atoms with Gasteiger partial charge in [-0.3, -0.25) is 9.59 Å². The molecule has 0 radical (unpaired) electrons. The zero-order chi connectivity index (χ0) is 21.0. The molecule has 29 heavy (non-hydrogen) atoms. The Labute approximate surface area is 169 Å². The lowest BCUT2D eigenvalue weighted by molar-refractivity contribution is -0.249. The van der Waals surface area contributed by atoms with Crippen molar-refractivity contribution >= 4 is 28.0 Å². The van der Waals surface area contributed by atoms with Crippen molar-refractivity contribution in [3.63, 3.8) is 0 Å². The Bertz CT molecular complexity index is 907. The predicted molar refractivity (Wildman–Crippen MR) is 101 cm³/mol. The van der Waals surface area contributed by atoms with E-state index in [1.165, 1.54) is 11.3 Å². The second-order valence-electron chi connectivity index (χ2n) is 8.09. The molecular formula is C19H22F3N3O3S. The second kappa shape index (κ2) is 7.02. The highest BCUT2D eigenvalue weighted by molar-refractivity contribution is 7.15. The average Bonchev–Trinajstić information content (AvgIpc) is 3.34. The van der Waals surface area contributed by atoms with Crippen molar-refractivity contribution in [3.05, 3.63) is 29.4 Å². The van der Waals surface area contributed by atoms with Gasteiger partial charge >= 0.3 is 6.18 Å². The van der Waals surface area contributed by atoms with Gasteiger partial charge in [-0.25, -0.2) is 0 Å². The largest absolute Gasteiger partial charge is 0.426 e. The molecule has 2 aliphatic rings. The molecule has 2 aromatic rings. The first kappa shape index (κ1) is 20.2. The summed E-state index contributed by atoms with van der Waals surface area (Å²) < 4.78 is 41.0. The Hall–Kier alpha value is -2.07. The molecule has 1 aliphatic carbocycles. The molecule has 0 spiro atoms. The molecule has 0 aromatic carbocycles. The maximum absolute atomic E-state index is 13.0. The molecule has 1 aliphatic heterocycles. The van der Waals surface area contributed by atoms with Crippen LogP contribution in [0, 0.1) is 11.8 Å². The zero-order valence-corrected chi connectivity index (χ0v) is 16.6. The van der Waals surface area contributed by atoms with Gasteiger partial charge in [0.2, 0.25) is 5.60 Å². The van der Waals surface area contributed by atoms with E-state index < -0.39 is 17.7 Å². The monoisotopic (exact) mass is 429 g/mol. The minimum absolute atomic E-state index is 0.0135. The molecule has 3 heterocycles.